The molecular formula is C10H6Cl3F3N2O. The highest BCUT2D eigenvalue weighted by Gasteiger charge is 2.60. The second kappa shape index (κ2) is 4.70. The van der Waals surface area contributed by atoms with Crippen molar-refractivity contribution in [3.63, 3.8) is 0 Å². The summed E-state index contributed by atoms with van der Waals surface area (Å²) in [7, 11) is 0. The van der Waals surface area contributed by atoms with Crippen LogP contribution in [-0.4, -0.2) is 23.2 Å². The molecule has 1 aliphatic heterocycles. The molecule has 0 saturated carbocycles. The van der Waals surface area contributed by atoms with Crippen LogP contribution in [0.1, 0.15) is 6.42 Å². The fourth-order valence-corrected chi connectivity index (χ4v) is 2.62. The predicted octanol–water partition coefficient (Wildman–Crippen LogP) is 4.09. The van der Waals surface area contributed by atoms with Crippen LogP contribution in [0.5, 0.6) is 0 Å². The SMILES string of the molecule is OC1(C(F)(F)F)CC=NN1c1c(Cl)cc(Cl)cc1Cl. The minimum atomic E-state index is -4.92. The topological polar surface area (TPSA) is 35.8 Å². The quantitative estimate of drug-likeness (QED) is 0.840. The molecule has 2 rings (SSSR count). The number of aliphatic hydroxyl groups is 1. The van der Waals surface area contributed by atoms with Crippen LogP contribution < -0.4 is 5.01 Å². The fraction of sp³-hybridized carbons (Fsp3) is 0.300. The first-order chi connectivity index (χ1) is 8.67. The van der Waals surface area contributed by atoms with E-state index in [0.29, 0.717) is 5.01 Å². The van der Waals surface area contributed by atoms with Gasteiger partial charge in [0.05, 0.1) is 10.0 Å². The highest BCUT2D eigenvalue weighted by Crippen LogP contribution is 2.46. The zero-order valence-electron chi connectivity index (χ0n) is 9.05. The molecule has 0 aromatic heterocycles. The number of rotatable bonds is 1. The number of halogens is 6. The Morgan fingerprint density at radius 2 is 1.74 bits per heavy atom. The lowest BCUT2D eigenvalue weighted by atomic mass is 10.1. The van der Waals surface area contributed by atoms with E-state index < -0.39 is 18.3 Å². The predicted molar refractivity (Wildman–Crippen MR) is 68.1 cm³/mol. The van der Waals surface area contributed by atoms with E-state index in [1.165, 1.54) is 12.1 Å². The number of nitrogens with zero attached hydrogens (tertiary/aromatic N) is 2. The van der Waals surface area contributed by atoms with Gasteiger partial charge in [-0.25, -0.2) is 5.01 Å². The van der Waals surface area contributed by atoms with Crippen LogP contribution in [0.15, 0.2) is 17.2 Å². The Morgan fingerprint density at radius 3 is 2.21 bits per heavy atom. The molecule has 1 unspecified atom stereocenters. The number of hydrazone groups is 1. The van der Waals surface area contributed by atoms with Crippen molar-refractivity contribution >= 4 is 46.7 Å². The molecule has 0 saturated heterocycles. The van der Waals surface area contributed by atoms with Crippen molar-refractivity contribution in [2.45, 2.75) is 18.3 Å². The van der Waals surface area contributed by atoms with Gasteiger partial charge < -0.3 is 5.11 Å². The molecule has 1 heterocycles. The van der Waals surface area contributed by atoms with Crippen molar-refractivity contribution in [1.29, 1.82) is 0 Å². The maximum Gasteiger partial charge on any atom is 0.438 e. The van der Waals surface area contributed by atoms with Crippen LogP contribution in [0.3, 0.4) is 0 Å². The summed E-state index contributed by atoms with van der Waals surface area (Å²) >= 11 is 17.3. The Bertz CT molecular complexity index is 526. The van der Waals surface area contributed by atoms with Gasteiger partial charge >= 0.3 is 6.18 Å². The number of hydrogen-bond acceptors (Lipinski definition) is 3. The third-order valence-electron chi connectivity index (χ3n) is 2.57. The summed E-state index contributed by atoms with van der Waals surface area (Å²) in [6.45, 7) is 0. The standard InChI is InChI=1S/C10H6Cl3F3N2O/c11-5-3-6(12)8(7(13)4-5)18-9(19,1-2-17-18)10(14,15)16/h2-4,19H,1H2. The second-order valence-corrected chi connectivity index (χ2v) is 5.10. The van der Waals surface area contributed by atoms with Crippen LogP contribution in [0.25, 0.3) is 0 Å². The lowest BCUT2D eigenvalue weighted by molar-refractivity contribution is -0.254. The molecule has 1 aromatic rings. The van der Waals surface area contributed by atoms with Crippen molar-refractivity contribution in [1.82, 2.24) is 0 Å². The van der Waals surface area contributed by atoms with E-state index >= 15 is 0 Å². The molecule has 0 spiro atoms. The van der Waals surface area contributed by atoms with Gasteiger partial charge in [-0.1, -0.05) is 34.8 Å². The average Bonchev–Trinajstić information content (AvgIpc) is 2.60. The summed E-state index contributed by atoms with van der Waals surface area (Å²) in [5, 5.41) is 13.5. The molecule has 0 radical (unpaired) electrons. The van der Waals surface area contributed by atoms with Gasteiger partial charge in [0.25, 0.3) is 5.72 Å². The van der Waals surface area contributed by atoms with Gasteiger partial charge in [-0.3, -0.25) is 0 Å². The summed E-state index contributed by atoms with van der Waals surface area (Å²) in [6.07, 6.45) is -4.70. The molecule has 9 heteroatoms. The third-order valence-corrected chi connectivity index (χ3v) is 3.37. The second-order valence-electron chi connectivity index (χ2n) is 3.85. The lowest BCUT2D eigenvalue weighted by Crippen LogP contribution is -2.55. The van der Waals surface area contributed by atoms with Crippen molar-refractivity contribution in [3.8, 4) is 0 Å². The Hall–Kier alpha value is -0.690. The summed E-state index contributed by atoms with van der Waals surface area (Å²) < 4.78 is 38.8. The smallest absolute Gasteiger partial charge is 0.362 e. The number of benzene rings is 1. The van der Waals surface area contributed by atoms with E-state index in [9.17, 15) is 18.3 Å². The number of alkyl halides is 3. The summed E-state index contributed by atoms with van der Waals surface area (Å²) in [6, 6.07) is 2.43. The summed E-state index contributed by atoms with van der Waals surface area (Å²) in [4.78, 5) is 0. The van der Waals surface area contributed by atoms with Gasteiger partial charge in [-0.15, -0.1) is 0 Å². The van der Waals surface area contributed by atoms with Crippen molar-refractivity contribution in [2.75, 3.05) is 5.01 Å². The molecule has 19 heavy (non-hydrogen) atoms. The van der Waals surface area contributed by atoms with E-state index in [2.05, 4.69) is 5.10 Å². The molecule has 3 nitrogen and oxygen atoms in total. The van der Waals surface area contributed by atoms with Crippen LogP contribution >= 0.6 is 34.8 Å². The average molecular weight is 334 g/mol. The van der Waals surface area contributed by atoms with Crippen LogP contribution in [0.4, 0.5) is 18.9 Å². The van der Waals surface area contributed by atoms with E-state index in [1.807, 2.05) is 0 Å². The van der Waals surface area contributed by atoms with Gasteiger partial charge in [0.2, 0.25) is 0 Å². The van der Waals surface area contributed by atoms with Crippen LogP contribution in [0, 0.1) is 0 Å². The number of anilines is 1. The van der Waals surface area contributed by atoms with Crippen molar-refractivity contribution in [3.05, 3.63) is 27.2 Å². The minimum absolute atomic E-state index is 0.140. The minimum Gasteiger partial charge on any atom is -0.362 e. The summed E-state index contributed by atoms with van der Waals surface area (Å²) in [5.74, 6) is 0. The van der Waals surface area contributed by atoms with Gasteiger partial charge in [-0.05, 0) is 12.1 Å². The zero-order valence-corrected chi connectivity index (χ0v) is 11.3. The van der Waals surface area contributed by atoms with Gasteiger partial charge in [0, 0.05) is 17.7 Å². The van der Waals surface area contributed by atoms with Crippen LogP contribution in [0.2, 0.25) is 15.1 Å². The molecule has 0 fully saturated rings. The third kappa shape index (κ3) is 2.38. The summed E-state index contributed by atoms with van der Waals surface area (Å²) in [5.41, 5.74) is -3.42. The van der Waals surface area contributed by atoms with E-state index in [4.69, 9.17) is 34.8 Å². The highest BCUT2D eigenvalue weighted by atomic mass is 35.5. The maximum absolute atomic E-state index is 12.9. The van der Waals surface area contributed by atoms with Crippen molar-refractivity contribution < 1.29 is 18.3 Å². The molecule has 1 aromatic carbocycles. The molecule has 1 atom stereocenters. The lowest BCUT2D eigenvalue weighted by Gasteiger charge is -2.34. The Labute approximate surface area is 121 Å². The van der Waals surface area contributed by atoms with Crippen LogP contribution in [-0.2, 0) is 0 Å². The normalized spacial score (nSPS) is 23.2. The molecule has 0 amide bonds. The molecule has 0 bridgehead atoms. The Morgan fingerprint density at radius 1 is 1.21 bits per heavy atom. The monoisotopic (exact) mass is 332 g/mol. The molecule has 1 aliphatic rings. The molecule has 0 aliphatic carbocycles. The fourth-order valence-electron chi connectivity index (χ4n) is 1.65. The van der Waals surface area contributed by atoms with E-state index in [-0.39, 0.29) is 20.8 Å². The van der Waals surface area contributed by atoms with Crippen molar-refractivity contribution in [2.24, 2.45) is 5.10 Å². The molecule has 1 N–H and O–H groups in total. The number of hydrogen-bond donors (Lipinski definition) is 1. The first kappa shape index (κ1) is 14.7. The van der Waals surface area contributed by atoms with E-state index in [0.717, 1.165) is 6.21 Å². The maximum atomic E-state index is 12.9. The first-order valence-corrected chi connectivity index (χ1v) is 6.06. The molecule has 104 valence electrons. The van der Waals surface area contributed by atoms with Gasteiger partial charge in [0.1, 0.15) is 5.69 Å². The zero-order chi connectivity index (χ0) is 14.4. The Balaban J connectivity index is 2.56. The van der Waals surface area contributed by atoms with Gasteiger partial charge in [0.15, 0.2) is 0 Å². The van der Waals surface area contributed by atoms with E-state index in [1.54, 1.807) is 0 Å². The largest absolute Gasteiger partial charge is 0.438 e. The first-order valence-electron chi connectivity index (χ1n) is 4.93. The van der Waals surface area contributed by atoms with Gasteiger partial charge in [-0.2, -0.15) is 18.3 Å². The Kier molecular flexibility index (Phi) is 3.64. The molecular weight excluding hydrogens is 327 g/mol. The highest BCUT2D eigenvalue weighted by molar-refractivity contribution is 6.41.